The Bertz CT molecular complexity index is 652. The van der Waals surface area contributed by atoms with E-state index in [1.165, 1.54) is 0 Å². The molecule has 2 aromatic carbocycles. The maximum atomic E-state index is 11.6. The van der Waals surface area contributed by atoms with Crippen LogP contribution in [0, 0.1) is 6.57 Å². The Kier molecular flexibility index (Phi) is 2.57. The highest BCUT2D eigenvalue weighted by Gasteiger charge is 2.38. The van der Waals surface area contributed by atoms with E-state index in [1.807, 2.05) is 48.5 Å². The third kappa shape index (κ3) is 1.61. The number of nitrogens with zero attached hydrogens (tertiary/aromatic N) is 1. The predicted octanol–water partition coefficient (Wildman–Crippen LogP) is 3.23. The zero-order valence-electron chi connectivity index (χ0n) is 10.1. The summed E-state index contributed by atoms with van der Waals surface area (Å²) in [5.41, 5.74) is 3.08. The van der Waals surface area contributed by atoms with E-state index in [1.54, 1.807) is 0 Å². The second kappa shape index (κ2) is 4.25. The minimum absolute atomic E-state index is 0.400. The number of rotatable bonds is 1. The molecule has 0 atom stereocenters. The van der Waals surface area contributed by atoms with E-state index in [4.69, 9.17) is 6.57 Å². The summed E-state index contributed by atoms with van der Waals surface area (Å²) < 4.78 is 0. The smallest absolute Gasteiger partial charge is 0.315 e. The van der Waals surface area contributed by atoms with Crippen molar-refractivity contribution in [1.82, 2.24) is 0 Å². The van der Waals surface area contributed by atoms with Crippen molar-refractivity contribution in [2.75, 3.05) is 0 Å². The van der Waals surface area contributed by atoms with Gasteiger partial charge in [0.2, 0.25) is 0 Å². The van der Waals surface area contributed by atoms with Crippen LogP contribution >= 0.6 is 0 Å². The normalized spacial score (nSPS) is 19.9. The fourth-order valence-electron chi connectivity index (χ4n) is 2.79. The molecule has 1 aliphatic rings. The largest absolute Gasteiger partial charge is 0.481 e. The number of fused-ring (bicyclic) bond motifs is 2. The molecule has 3 rings (SSSR count). The van der Waals surface area contributed by atoms with Gasteiger partial charge in [-0.05, 0) is 11.1 Å². The monoisotopic (exact) mass is 249 g/mol. The molecule has 1 aliphatic carbocycles. The van der Waals surface area contributed by atoms with Crippen LogP contribution in [-0.2, 0) is 4.79 Å². The van der Waals surface area contributed by atoms with Crippen LogP contribution in [0.4, 0.5) is 0 Å². The molecule has 0 aromatic heterocycles. The summed E-state index contributed by atoms with van der Waals surface area (Å²) in [6.45, 7) is 7.41. The van der Waals surface area contributed by atoms with Gasteiger partial charge in [-0.1, -0.05) is 48.5 Å². The van der Waals surface area contributed by atoms with Gasteiger partial charge in [0.1, 0.15) is 5.92 Å². The maximum absolute atomic E-state index is 11.6. The van der Waals surface area contributed by atoms with Crippen molar-refractivity contribution in [2.24, 2.45) is 0 Å². The van der Waals surface area contributed by atoms with Crippen molar-refractivity contribution in [3.05, 3.63) is 82.2 Å². The Balaban J connectivity index is 2.33. The van der Waals surface area contributed by atoms with Gasteiger partial charge >= 0.3 is 5.97 Å². The first-order chi connectivity index (χ1) is 9.24. The average Bonchev–Trinajstić information content (AvgIpc) is 2.44. The van der Waals surface area contributed by atoms with Crippen LogP contribution < -0.4 is 0 Å². The third-order valence-electron chi connectivity index (χ3n) is 3.58. The molecule has 3 nitrogen and oxygen atoms in total. The van der Waals surface area contributed by atoms with Gasteiger partial charge in [-0.3, -0.25) is 4.79 Å². The lowest BCUT2D eigenvalue weighted by Crippen LogP contribution is -2.22. The molecule has 3 heteroatoms. The van der Waals surface area contributed by atoms with E-state index in [2.05, 4.69) is 4.85 Å². The predicted molar refractivity (Wildman–Crippen MR) is 70.8 cm³/mol. The number of hydrogen-bond acceptors (Lipinski definition) is 1. The van der Waals surface area contributed by atoms with Crippen LogP contribution in [0.15, 0.2) is 48.5 Å². The number of carboxylic acids is 1. The van der Waals surface area contributed by atoms with Crippen molar-refractivity contribution in [1.29, 1.82) is 0 Å². The van der Waals surface area contributed by atoms with Crippen LogP contribution in [0.5, 0.6) is 0 Å². The number of hydrogen-bond donors (Lipinski definition) is 1. The second-order valence-electron chi connectivity index (χ2n) is 4.56. The second-order valence-corrected chi connectivity index (χ2v) is 4.56. The minimum atomic E-state index is -0.872. The zero-order chi connectivity index (χ0) is 13.4. The lowest BCUT2D eigenvalue weighted by Gasteiger charge is -2.26. The molecule has 0 heterocycles. The first-order valence-corrected chi connectivity index (χ1v) is 6.01. The summed E-state index contributed by atoms with van der Waals surface area (Å²) in [7, 11) is 0. The van der Waals surface area contributed by atoms with Crippen LogP contribution in [0.1, 0.15) is 34.2 Å². The van der Waals surface area contributed by atoms with E-state index in [9.17, 15) is 9.90 Å². The van der Waals surface area contributed by atoms with Gasteiger partial charge in [-0.25, -0.2) is 6.57 Å². The fourth-order valence-corrected chi connectivity index (χ4v) is 2.79. The minimum Gasteiger partial charge on any atom is -0.481 e. The SMILES string of the molecule is [C-]#[N+]C1c2ccccc2C(C(=O)O)c2ccccc21. The van der Waals surface area contributed by atoms with E-state index >= 15 is 0 Å². The van der Waals surface area contributed by atoms with Gasteiger partial charge in [0, 0.05) is 11.1 Å². The molecule has 0 unspecified atom stereocenters. The first kappa shape index (κ1) is 11.5. The highest BCUT2D eigenvalue weighted by Crippen LogP contribution is 2.43. The number of carboxylic acid groups (broad SMARTS) is 1. The number of benzene rings is 2. The summed E-state index contributed by atoms with van der Waals surface area (Å²) in [6, 6.07) is 14.3. The lowest BCUT2D eigenvalue weighted by molar-refractivity contribution is -0.137. The van der Waals surface area contributed by atoms with Crippen molar-refractivity contribution in [2.45, 2.75) is 12.0 Å². The molecule has 0 radical (unpaired) electrons. The van der Waals surface area contributed by atoms with Crippen molar-refractivity contribution in [3.63, 3.8) is 0 Å². The standard InChI is InChI=1S/C16H11NO2/c1-17-15-12-8-4-2-6-10(12)14(16(18)19)11-7-3-5-9-13(11)15/h2-9,14-15H,(H,18,19). The van der Waals surface area contributed by atoms with E-state index in [-0.39, 0.29) is 0 Å². The lowest BCUT2D eigenvalue weighted by atomic mass is 9.76. The summed E-state index contributed by atoms with van der Waals surface area (Å²) in [4.78, 5) is 15.3. The van der Waals surface area contributed by atoms with Gasteiger partial charge < -0.3 is 9.95 Å². The number of carbonyl (C=O) groups is 1. The molecule has 0 spiro atoms. The Morgan fingerprint density at radius 3 is 1.74 bits per heavy atom. The molecule has 0 bridgehead atoms. The Morgan fingerprint density at radius 2 is 1.37 bits per heavy atom. The van der Waals surface area contributed by atoms with Gasteiger partial charge in [-0.15, -0.1) is 0 Å². The molecule has 0 saturated heterocycles. The van der Waals surface area contributed by atoms with Crippen molar-refractivity contribution >= 4 is 5.97 Å². The summed E-state index contributed by atoms with van der Waals surface area (Å²) in [5, 5.41) is 9.51. The molecule has 0 aliphatic heterocycles. The molecule has 92 valence electrons. The molecule has 1 N–H and O–H groups in total. The summed E-state index contributed by atoms with van der Waals surface area (Å²) >= 11 is 0. The molecule has 0 fully saturated rings. The van der Waals surface area contributed by atoms with Crippen molar-refractivity contribution in [3.8, 4) is 0 Å². The Labute approximate surface area is 111 Å². The number of aliphatic carboxylic acids is 1. The molecule has 0 saturated carbocycles. The van der Waals surface area contributed by atoms with Crippen molar-refractivity contribution < 1.29 is 9.90 Å². The summed E-state index contributed by atoms with van der Waals surface area (Å²) in [5.74, 6) is -1.55. The Hall–Kier alpha value is -2.60. The van der Waals surface area contributed by atoms with Crippen LogP contribution in [0.3, 0.4) is 0 Å². The summed E-state index contributed by atoms with van der Waals surface area (Å²) in [6.07, 6.45) is 0. The van der Waals surface area contributed by atoms with E-state index in [0.717, 1.165) is 22.3 Å². The van der Waals surface area contributed by atoms with Crippen LogP contribution in [-0.4, -0.2) is 11.1 Å². The molecule has 2 aromatic rings. The topological polar surface area (TPSA) is 41.7 Å². The van der Waals surface area contributed by atoms with E-state index < -0.39 is 17.9 Å². The highest BCUT2D eigenvalue weighted by molar-refractivity contribution is 5.83. The highest BCUT2D eigenvalue weighted by atomic mass is 16.4. The first-order valence-electron chi connectivity index (χ1n) is 6.01. The third-order valence-corrected chi connectivity index (χ3v) is 3.58. The molecular formula is C16H11NO2. The molecule has 19 heavy (non-hydrogen) atoms. The maximum Gasteiger partial charge on any atom is 0.315 e. The van der Waals surface area contributed by atoms with Gasteiger partial charge in [-0.2, -0.15) is 0 Å². The van der Waals surface area contributed by atoms with Gasteiger partial charge in [0.15, 0.2) is 0 Å². The quantitative estimate of drug-likeness (QED) is 0.788. The Morgan fingerprint density at radius 1 is 0.947 bits per heavy atom. The zero-order valence-corrected chi connectivity index (χ0v) is 10.1. The van der Waals surface area contributed by atoms with Gasteiger partial charge in [0.05, 0.1) is 0 Å². The molecule has 0 amide bonds. The average molecular weight is 249 g/mol. The van der Waals surface area contributed by atoms with E-state index in [0.29, 0.717) is 0 Å². The van der Waals surface area contributed by atoms with Crippen LogP contribution in [0.25, 0.3) is 4.85 Å². The van der Waals surface area contributed by atoms with Crippen LogP contribution in [0.2, 0.25) is 0 Å². The molecular weight excluding hydrogens is 238 g/mol. The van der Waals surface area contributed by atoms with Gasteiger partial charge in [0.25, 0.3) is 6.04 Å². The fraction of sp³-hybridized carbons (Fsp3) is 0.125.